The van der Waals surface area contributed by atoms with Crippen molar-refractivity contribution < 1.29 is 95.6 Å². The van der Waals surface area contributed by atoms with E-state index in [1.165, 1.54) is 0 Å². The quantitative estimate of drug-likeness (QED) is 0.148. The van der Waals surface area contributed by atoms with E-state index >= 15 is 0 Å². The van der Waals surface area contributed by atoms with Gasteiger partial charge in [0.05, 0.1) is 11.4 Å². The molecule has 0 bridgehead atoms. The SMILES string of the molecule is F[P-](F)(F)(F)(F)F.F[P-](F)(F)(F)(F)F.F[P-](F)(F)(F)(F)F.[Ir+3].c1ccc(-c2ccccn2)cc1.c1ccc(-c2ccccn2)cc1. The van der Waals surface area contributed by atoms with Gasteiger partial charge in [0.1, 0.15) is 0 Å². The zero-order chi connectivity index (χ0) is 35.7. The van der Waals surface area contributed by atoms with Crippen LogP contribution in [-0.4, -0.2) is 9.97 Å². The average molecular weight is 938 g/mol. The minimum atomic E-state index is -10.7. The van der Waals surface area contributed by atoms with Crippen molar-refractivity contribution >= 4 is 23.4 Å². The molecule has 0 spiro atoms. The van der Waals surface area contributed by atoms with E-state index in [0.29, 0.717) is 0 Å². The smallest absolute Gasteiger partial charge is 0.256 e. The molecule has 0 saturated heterocycles. The number of benzene rings is 2. The van der Waals surface area contributed by atoms with E-state index in [9.17, 15) is 75.5 Å². The second kappa shape index (κ2) is 13.1. The summed E-state index contributed by atoms with van der Waals surface area (Å²) in [6.07, 6.45) is 3.62. The second-order valence-corrected chi connectivity index (χ2v) is 13.8. The topological polar surface area (TPSA) is 25.8 Å². The third kappa shape index (κ3) is 48.3. The van der Waals surface area contributed by atoms with Crippen LogP contribution in [0.2, 0.25) is 0 Å². The van der Waals surface area contributed by atoms with E-state index in [-0.39, 0.29) is 20.1 Å². The molecule has 0 aliphatic rings. The molecule has 0 aliphatic carbocycles. The van der Waals surface area contributed by atoms with Crippen LogP contribution >= 0.6 is 23.4 Å². The third-order valence-corrected chi connectivity index (χ3v) is 3.47. The minimum Gasteiger partial charge on any atom is -0.256 e. The molecule has 0 fully saturated rings. The van der Waals surface area contributed by atoms with Gasteiger partial charge in [-0.2, -0.15) is 0 Å². The molecule has 2 aromatic carbocycles. The molecule has 0 amide bonds. The summed E-state index contributed by atoms with van der Waals surface area (Å²) in [4.78, 5) is 8.50. The van der Waals surface area contributed by atoms with Crippen LogP contribution in [0.1, 0.15) is 0 Å². The molecule has 4 rings (SSSR count). The summed E-state index contributed by atoms with van der Waals surface area (Å²) in [5.74, 6) is 0. The van der Waals surface area contributed by atoms with Gasteiger partial charge < -0.3 is 0 Å². The first-order valence-electron chi connectivity index (χ1n) is 10.9. The number of pyridine rings is 2. The zero-order valence-electron chi connectivity index (χ0n) is 21.8. The van der Waals surface area contributed by atoms with Crippen LogP contribution in [-0.2, 0) is 20.1 Å². The Kier molecular flexibility index (Phi) is 13.0. The van der Waals surface area contributed by atoms with Gasteiger partial charge in [-0.05, 0) is 24.3 Å². The average Bonchev–Trinajstić information content (AvgIpc) is 2.81. The number of hydrogen-bond acceptors (Lipinski definition) is 2. The molecule has 266 valence electrons. The van der Waals surface area contributed by atoms with Crippen LogP contribution in [0.5, 0.6) is 0 Å². The van der Waals surface area contributed by atoms with E-state index in [1.807, 2.05) is 85.2 Å². The van der Waals surface area contributed by atoms with Gasteiger partial charge in [-0.1, -0.05) is 72.8 Å². The summed E-state index contributed by atoms with van der Waals surface area (Å²) < 4.78 is 178. The summed E-state index contributed by atoms with van der Waals surface area (Å²) in [6, 6.07) is 32.2. The predicted octanol–water partition coefficient (Wildman–Crippen LogP) is 15.6. The second-order valence-electron chi connectivity index (χ2n) is 8.04. The van der Waals surface area contributed by atoms with Gasteiger partial charge in [-0.15, -0.1) is 0 Å². The van der Waals surface area contributed by atoms with Crippen molar-refractivity contribution in [3.63, 3.8) is 0 Å². The first kappa shape index (κ1) is 45.5. The van der Waals surface area contributed by atoms with Crippen LogP contribution in [0.15, 0.2) is 109 Å². The molecular formula is C22H18F18IrN2P3. The fraction of sp³-hybridized carbons (Fsp3) is 0. The molecule has 24 heteroatoms. The van der Waals surface area contributed by atoms with Gasteiger partial charge in [0.25, 0.3) is 0 Å². The summed E-state index contributed by atoms with van der Waals surface area (Å²) >= 11 is 0. The fourth-order valence-corrected chi connectivity index (χ4v) is 2.28. The van der Waals surface area contributed by atoms with Gasteiger partial charge in [0, 0.05) is 23.5 Å². The Labute approximate surface area is 260 Å². The molecule has 2 nitrogen and oxygen atoms in total. The molecule has 2 aromatic heterocycles. The van der Waals surface area contributed by atoms with Crippen LogP contribution in [0.3, 0.4) is 0 Å². The summed E-state index contributed by atoms with van der Waals surface area (Å²) in [5.41, 5.74) is 4.38. The maximum atomic E-state index is 9.87. The van der Waals surface area contributed by atoms with Crippen molar-refractivity contribution in [1.82, 2.24) is 9.97 Å². The number of halogens is 18. The van der Waals surface area contributed by atoms with Gasteiger partial charge in [0.15, 0.2) is 0 Å². The third-order valence-electron chi connectivity index (χ3n) is 3.47. The summed E-state index contributed by atoms with van der Waals surface area (Å²) in [7, 11) is -32.0. The Hall–Kier alpha value is -2.58. The minimum absolute atomic E-state index is 0. The van der Waals surface area contributed by atoms with Crippen molar-refractivity contribution in [2.75, 3.05) is 0 Å². The van der Waals surface area contributed by atoms with E-state index in [2.05, 4.69) is 34.2 Å². The van der Waals surface area contributed by atoms with Crippen LogP contribution in [0, 0.1) is 0 Å². The Morgan fingerprint density at radius 1 is 0.304 bits per heavy atom. The maximum absolute atomic E-state index is 10.7. The monoisotopic (exact) mass is 938 g/mol. The van der Waals surface area contributed by atoms with Crippen molar-refractivity contribution in [1.29, 1.82) is 0 Å². The largest absolute Gasteiger partial charge is 3.00 e. The first-order chi connectivity index (χ1) is 19.3. The van der Waals surface area contributed by atoms with E-state index < -0.39 is 23.4 Å². The Morgan fingerprint density at radius 2 is 0.500 bits per heavy atom. The molecule has 2 heterocycles. The van der Waals surface area contributed by atoms with E-state index in [4.69, 9.17) is 0 Å². The first-order valence-corrected chi connectivity index (χ1v) is 17.0. The number of hydrogen-bond donors (Lipinski definition) is 0. The number of aromatic nitrogens is 2. The van der Waals surface area contributed by atoms with Crippen molar-refractivity contribution in [2.45, 2.75) is 0 Å². The van der Waals surface area contributed by atoms with Crippen molar-refractivity contribution in [2.24, 2.45) is 0 Å². The van der Waals surface area contributed by atoms with E-state index in [0.717, 1.165) is 22.5 Å². The fourth-order valence-electron chi connectivity index (χ4n) is 2.28. The molecule has 0 radical (unpaired) electrons. The normalized spacial score (nSPS) is 15.6. The molecule has 0 unspecified atom stereocenters. The Morgan fingerprint density at radius 3 is 0.674 bits per heavy atom. The maximum Gasteiger partial charge on any atom is 3.00 e. The molecular weight excluding hydrogens is 919 g/mol. The predicted molar refractivity (Wildman–Crippen MR) is 140 cm³/mol. The van der Waals surface area contributed by atoms with Crippen LogP contribution < -0.4 is 0 Å². The zero-order valence-corrected chi connectivity index (χ0v) is 26.8. The summed E-state index contributed by atoms with van der Waals surface area (Å²) in [5, 5.41) is 0. The van der Waals surface area contributed by atoms with E-state index in [1.54, 1.807) is 0 Å². The van der Waals surface area contributed by atoms with Crippen molar-refractivity contribution in [3.05, 3.63) is 109 Å². The molecule has 46 heavy (non-hydrogen) atoms. The molecule has 4 aromatic rings. The van der Waals surface area contributed by atoms with Crippen LogP contribution in [0.4, 0.5) is 75.5 Å². The Balaban J connectivity index is 0. The molecule has 0 aliphatic heterocycles. The Bertz CT molecular complexity index is 1220. The van der Waals surface area contributed by atoms with Crippen molar-refractivity contribution in [3.8, 4) is 22.5 Å². The number of rotatable bonds is 2. The van der Waals surface area contributed by atoms with Gasteiger partial charge in [0.2, 0.25) is 0 Å². The van der Waals surface area contributed by atoms with Gasteiger partial charge in [-0.25, -0.2) is 0 Å². The van der Waals surface area contributed by atoms with Gasteiger partial charge in [-0.3, -0.25) is 9.97 Å². The standard InChI is InChI=1S/2C11H9N.3F6P.Ir/c2*1-2-6-10(7-3-1)11-8-4-5-9-12-11;3*1-7(2,3,4,5)6;/h2*1-9H;;;;/q;;3*-1;+3. The molecule has 0 N–H and O–H groups in total. The molecule has 0 atom stereocenters. The molecule has 0 saturated carbocycles. The van der Waals surface area contributed by atoms with Gasteiger partial charge >= 0.3 is 119 Å². The van der Waals surface area contributed by atoms with Crippen LogP contribution in [0.25, 0.3) is 22.5 Å². The summed E-state index contributed by atoms with van der Waals surface area (Å²) in [6.45, 7) is 0. The number of nitrogens with zero attached hydrogens (tertiary/aromatic N) is 2.